The molecule has 1 rings (SSSR count). The van der Waals surface area contributed by atoms with Crippen LogP contribution in [0.5, 0.6) is 0 Å². The zero-order valence-corrected chi connectivity index (χ0v) is 12.9. The van der Waals surface area contributed by atoms with Gasteiger partial charge in [0.1, 0.15) is 6.61 Å². The number of aliphatic hydroxyl groups is 2. The van der Waals surface area contributed by atoms with Gasteiger partial charge in [-0.3, -0.25) is 4.79 Å². The molecule has 0 unspecified atom stereocenters. The monoisotopic (exact) mass is 289 g/mol. The lowest BCUT2D eigenvalue weighted by Crippen LogP contribution is -2.38. The highest BCUT2D eigenvalue weighted by Crippen LogP contribution is 2.14. The number of nitrogens with zero attached hydrogens (tertiary/aromatic N) is 1. The zero-order chi connectivity index (χ0) is 15.8. The number of hydrogen-bond donors (Lipinski definition) is 2. The normalized spacial score (nSPS) is 10.2. The molecule has 4 nitrogen and oxygen atoms in total. The van der Waals surface area contributed by atoms with Crippen LogP contribution in [-0.2, 0) is 0 Å². The van der Waals surface area contributed by atoms with E-state index in [1.807, 2.05) is 32.9 Å². The Labute approximate surface area is 126 Å². The molecule has 0 radical (unpaired) electrons. The topological polar surface area (TPSA) is 60.8 Å². The van der Waals surface area contributed by atoms with E-state index in [9.17, 15) is 4.79 Å². The van der Waals surface area contributed by atoms with Crippen LogP contribution in [0.25, 0.3) is 0 Å². The fourth-order valence-corrected chi connectivity index (χ4v) is 2.12. The maximum atomic E-state index is 12.6. The highest BCUT2D eigenvalue weighted by Gasteiger charge is 2.18. The number of hydrogen-bond acceptors (Lipinski definition) is 3. The van der Waals surface area contributed by atoms with Gasteiger partial charge >= 0.3 is 0 Å². The molecule has 0 fully saturated rings. The summed E-state index contributed by atoms with van der Waals surface area (Å²) in [6.07, 6.45) is 0.562. The molecule has 0 spiro atoms. The first kappa shape index (κ1) is 17.2. The summed E-state index contributed by atoms with van der Waals surface area (Å²) in [4.78, 5) is 14.4. The van der Waals surface area contributed by atoms with E-state index in [1.165, 1.54) is 0 Å². The van der Waals surface area contributed by atoms with Crippen LogP contribution >= 0.6 is 0 Å². The molecule has 21 heavy (non-hydrogen) atoms. The minimum absolute atomic E-state index is 0.0609. The minimum Gasteiger partial charge on any atom is -0.396 e. The Morgan fingerprint density at radius 1 is 1.29 bits per heavy atom. The molecule has 0 aromatic heterocycles. The van der Waals surface area contributed by atoms with E-state index in [2.05, 4.69) is 11.8 Å². The number of aryl methyl sites for hydroxylation is 1. The lowest BCUT2D eigenvalue weighted by atomic mass is 10.0. The molecular weight excluding hydrogens is 266 g/mol. The fourth-order valence-electron chi connectivity index (χ4n) is 2.12. The van der Waals surface area contributed by atoms with Crippen LogP contribution in [0.1, 0.15) is 41.8 Å². The Balaban J connectivity index is 3.06. The van der Waals surface area contributed by atoms with Gasteiger partial charge in [0.2, 0.25) is 0 Å². The van der Waals surface area contributed by atoms with Crippen molar-refractivity contribution < 1.29 is 15.0 Å². The predicted octanol–water partition coefficient (Wildman–Crippen LogP) is 1.57. The molecule has 2 N–H and O–H groups in total. The number of carbonyl (C=O) groups is 1. The Kier molecular flexibility index (Phi) is 6.93. The largest absolute Gasteiger partial charge is 0.396 e. The van der Waals surface area contributed by atoms with Gasteiger partial charge in [-0.25, -0.2) is 0 Å². The molecule has 0 atom stereocenters. The quantitative estimate of drug-likeness (QED) is 0.809. The van der Waals surface area contributed by atoms with Crippen molar-refractivity contribution in [2.75, 3.05) is 19.8 Å². The summed E-state index contributed by atoms with van der Waals surface area (Å²) in [5.41, 5.74) is 2.26. The van der Waals surface area contributed by atoms with Crippen molar-refractivity contribution in [3.05, 3.63) is 34.9 Å². The van der Waals surface area contributed by atoms with Crippen LogP contribution in [-0.4, -0.2) is 46.8 Å². The van der Waals surface area contributed by atoms with Crippen molar-refractivity contribution in [2.24, 2.45) is 0 Å². The first-order chi connectivity index (χ1) is 9.99. The third kappa shape index (κ3) is 5.22. The summed E-state index contributed by atoms with van der Waals surface area (Å²) < 4.78 is 0. The number of rotatable bonds is 5. The molecule has 0 aliphatic heterocycles. The number of amides is 1. The van der Waals surface area contributed by atoms with E-state index in [-0.39, 0.29) is 25.2 Å². The smallest absolute Gasteiger partial charge is 0.254 e. The van der Waals surface area contributed by atoms with Crippen LogP contribution < -0.4 is 0 Å². The van der Waals surface area contributed by atoms with Gasteiger partial charge in [-0.15, -0.1) is 0 Å². The molecule has 0 aliphatic rings. The number of aliphatic hydroxyl groups excluding tert-OH is 2. The average molecular weight is 289 g/mol. The van der Waals surface area contributed by atoms with Crippen LogP contribution in [0.2, 0.25) is 0 Å². The predicted molar refractivity (Wildman–Crippen MR) is 83.0 cm³/mol. The van der Waals surface area contributed by atoms with E-state index in [1.54, 1.807) is 11.0 Å². The first-order valence-corrected chi connectivity index (χ1v) is 7.12. The molecule has 0 heterocycles. The lowest BCUT2D eigenvalue weighted by molar-refractivity contribution is 0.0693. The summed E-state index contributed by atoms with van der Waals surface area (Å²) in [6, 6.07) is 5.52. The van der Waals surface area contributed by atoms with E-state index in [4.69, 9.17) is 10.2 Å². The van der Waals surface area contributed by atoms with Crippen LogP contribution in [0.3, 0.4) is 0 Å². The van der Waals surface area contributed by atoms with E-state index in [0.717, 1.165) is 11.1 Å². The Morgan fingerprint density at radius 2 is 2.00 bits per heavy atom. The summed E-state index contributed by atoms with van der Waals surface area (Å²) in [6.45, 7) is 6.21. The van der Waals surface area contributed by atoms with Crippen LogP contribution in [0.15, 0.2) is 18.2 Å². The summed E-state index contributed by atoms with van der Waals surface area (Å²) in [7, 11) is 0. The summed E-state index contributed by atoms with van der Waals surface area (Å²) in [5, 5.41) is 17.7. The maximum Gasteiger partial charge on any atom is 0.254 e. The Bertz CT molecular complexity index is 541. The Morgan fingerprint density at radius 3 is 2.57 bits per heavy atom. The third-order valence-corrected chi connectivity index (χ3v) is 3.08. The lowest BCUT2D eigenvalue weighted by Gasteiger charge is -2.27. The van der Waals surface area contributed by atoms with Crippen LogP contribution in [0.4, 0.5) is 0 Å². The maximum absolute atomic E-state index is 12.6. The van der Waals surface area contributed by atoms with Gasteiger partial charge in [-0.05, 0) is 51.0 Å². The van der Waals surface area contributed by atoms with Gasteiger partial charge in [0, 0.05) is 30.3 Å². The summed E-state index contributed by atoms with van der Waals surface area (Å²) >= 11 is 0. The van der Waals surface area contributed by atoms with Gasteiger partial charge < -0.3 is 15.1 Å². The van der Waals surface area contributed by atoms with Crippen molar-refractivity contribution >= 4 is 5.91 Å². The van der Waals surface area contributed by atoms with Crippen molar-refractivity contribution in [3.8, 4) is 11.8 Å². The van der Waals surface area contributed by atoms with Gasteiger partial charge in [0.25, 0.3) is 5.91 Å². The molecule has 0 bridgehead atoms. The molecule has 1 aromatic rings. The molecule has 0 aliphatic carbocycles. The molecule has 0 saturated carbocycles. The van der Waals surface area contributed by atoms with Gasteiger partial charge in [0.15, 0.2) is 0 Å². The highest BCUT2D eigenvalue weighted by molar-refractivity contribution is 5.95. The third-order valence-electron chi connectivity index (χ3n) is 3.08. The molecule has 114 valence electrons. The summed E-state index contributed by atoms with van der Waals surface area (Å²) in [5.74, 6) is 5.36. The second kappa shape index (κ2) is 8.46. The number of benzene rings is 1. The highest BCUT2D eigenvalue weighted by atomic mass is 16.3. The van der Waals surface area contributed by atoms with Crippen molar-refractivity contribution in [1.29, 1.82) is 0 Å². The van der Waals surface area contributed by atoms with Crippen LogP contribution in [0, 0.1) is 18.8 Å². The molecule has 0 saturated heterocycles. The van der Waals surface area contributed by atoms with Crippen molar-refractivity contribution in [2.45, 2.75) is 33.2 Å². The zero-order valence-electron chi connectivity index (χ0n) is 12.9. The minimum atomic E-state index is -0.203. The van der Waals surface area contributed by atoms with E-state index in [0.29, 0.717) is 18.5 Å². The second-order valence-corrected chi connectivity index (χ2v) is 5.22. The first-order valence-electron chi connectivity index (χ1n) is 7.12. The number of carbonyl (C=O) groups excluding carboxylic acids is 1. The Hall–Kier alpha value is -1.83. The van der Waals surface area contributed by atoms with Crippen molar-refractivity contribution in [3.63, 3.8) is 0 Å². The van der Waals surface area contributed by atoms with E-state index < -0.39 is 0 Å². The standard InChI is InChI=1S/C17H23NO3/c1-13(2)18(7-5-9-20)17(21)16-11-14(3)10-15(12-16)6-4-8-19/h10-13,19-20H,5,7-9H2,1-3H3. The SMILES string of the molecule is Cc1cc(C#CCO)cc(C(=O)N(CCCO)C(C)C)c1. The van der Waals surface area contributed by atoms with Gasteiger partial charge in [-0.2, -0.15) is 0 Å². The average Bonchev–Trinajstić information content (AvgIpc) is 2.44. The van der Waals surface area contributed by atoms with Gasteiger partial charge in [-0.1, -0.05) is 11.8 Å². The van der Waals surface area contributed by atoms with Gasteiger partial charge in [0.05, 0.1) is 0 Å². The van der Waals surface area contributed by atoms with E-state index >= 15 is 0 Å². The molecule has 1 amide bonds. The molecule has 1 aromatic carbocycles. The molecular formula is C17H23NO3. The second-order valence-electron chi connectivity index (χ2n) is 5.22. The molecule has 4 heteroatoms. The van der Waals surface area contributed by atoms with Crippen molar-refractivity contribution in [1.82, 2.24) is 4.90 Å². The fraction of sp³-hybridized carbons (Fsp3) is 0.471.